The van der Waals surface area contributed by atoms with Crippen LogP contribution in [0.1, 0.15) is 32.6 Å². The number of aromatic nitrogens is 2. The maximum atomic E-state index is 11.1. The molecule has 3 heterocycles. The van der Waals surface area contributed by atoms with E-state index in [1.54, 1.807) is 19.3 Å². The average molecular weight is 560 g/mol. The first-order valence-corrected chi connectivity index (χ1v) is 15.0. The Hall–Kier alpha value is -3.29. The smallest absolute Gasteiger partial charge is 0.225 e. The summed E-state index contributed by atoms with van der Waals surface area (Å²) in [5.74, 6) is 2.44. The van der Waals surface area contributed by atoms with Crippen molar-refractivity contribution >= 4 is 39.4 Å². The Morgan fingerprint density at radius 2 is 2.05 bits per heavy atom. The molecule has 13 heteroatoms. The summed E-state index contributed by atoms with van der Waals surface area (Å²) in [5, 5.41) is 4.26. The van der Waals surface area contributed by atoms with Gasteiger partial charge < -0.3 is 24.4 Å². The van der Waals surface area contributed by atoms with Crippen molar-refractivity contribution in [2.75, 3.05) is 50.6 Å². The van der Waals surface area contributed by atoms with Crippen LogP contribution in [-0.4, -0.2) is 88.9 Å². The largest absolute Gasteiger partial charge is 0.495 e. The van der Waals surface area contributed by atoms with Crippen molar-refractivity contribution in [1.29, 1.82) is 0 Å². The number of guanidine groups is 1. The third-order valence-corrected chi connectivity index (χ3v) is 7.21. The Kier molecular flexibility index (Phi) is 10.1. The third kappa shape index (κ3) is 8.87. The zero-order chi connectivity index (χ0) is 27.7. The van der Waals surface area contributed by atoms with E-state index in [9.17, 15) is 8.42 Å². The summed E-state index contributed by atoms with van der Waals surface area (Å²) < 4.78 is 42.0. The summed E-state index contributed by atoms with van der Waals surface area (Å²) in [5.41, 5.74) is 0.872. The molecule has 4 rings (SSSR count). The minimum Gasteiger partial charge on any atom is -0.495 e. The van der Waals surface area contributed by atoms with Crippen molar-refractivity contribution in [2.24, 2.45) is 9.98 Å². The SMILES string of the molecule is C=N/C(=N\C=C(/C)OCCNS(C)(=O)=O)N[C@H]1CC[C@@H](Oc2nc(N3CCOCC3)cc3ncccc23)CC1. The van der Waals surface area contributed by atoms with Crippen LogP contribution in [0.5, 0.6) is 5.88 Å². The summed E-state index contributed by atoms with van der Waals surface area (Å²) in [7, 11) is -3.24. The predicted octanol–water partition coefficient (Wildman–Crippen LogP) is 2.23. The van der Waals surface area contributed by atoms with Gasteiger partial charge in [0.2, 0.25) is 21.9 Å². The van der Waals surface area contributed by atoms with Gasteiger partial charge in [-0.05, 0) is 51.5 Å². The number of allylic oxidation sites excluding steroid dienone is 1. The molecule has 1 aliphatic heterocycles. The van der Waals surface area contributed by atoms with E-state index < -0.39 is 10.0 Å². The van der Waals surface area contributed by atoms with Crippen LogP contribution < -0.4 is 19.7 Å². The van der Waals surface area contributed by atoms with Crippen LogP contribution in [0.4, 0.5) is 5.82 Å². The molecule has 2 aromatic heterocycles. The third-order valence-electron chi connectivity index (χ3n) is 6.49. The molecule has 2 aromatic rings. The maximum absolute atomic E-state index is 11.1. The van der Waals surface area contributed by atoms with E-state index in [-0.39, 0.29) is 25.3 Å². The minimum absolute atomic E-state index is 0.0482. The summed E-state index contributed by atoms with van der Waals surface area (Å²) in [6, 6.07) is 6.11. The standard InChI is InChI=1S/C26H37N7O5S/c1-19(37-14-11-30-39(3,34)35)18-29-26(27-2)31-20-6-8-21(9-7-20)38-25-22-5-4-10-28-23(22)17-24(32-25)33-12-15-36-16-13-33/h4-5,10,17-18,20-21,30H,2,6-9,11-16H2,1,3H3,(H,29,31)/b19-18+/t20-,21+. The van der Waals surface area contributed by atoms with Gasteiger partial charge in [0.05, 0.1) is 36.6 Å². The molecule has 1 saturated carbocycles. The molecule has 2 fully saturated rings. The average Bonchev–Trinajstić information content (AvgIpc) is 2.94. The number of hydrogen-bond acceptors (Lipinski definition) is 9. The van der Waals surface area contributed by atoms with Crippen LogP contribution >= 0.6 is 0 Å². The second-order valence-corrected chi connectivity index (χ2v) is 11.4. The maximum Gasteiger partial charge on any atom is 0.225 e. The molecule has 0 radical (unpaired) electrons. The summed E-state index contributed by atoms with van der Waals surface area (Å²) in [6.45, 7) is 8.71. The van der Waals surface area contributed by atoms with Gasteiger partial charge in [0.1, 0.15) is 24.3 Å². The van der Waals surface area contributed by atoms with E-state index in [4.69, 9.17) is 19.2 Å². The molecule has 2 N–H and O–H groups in total. The van der Waals surface area contributed by atoms with Crippen molar-refractivity contribution in [1.82, 2.24) is 20.0 Å². The molecule has 39 heavy (non-hydrogen) atoms. The normalized spacial score (nSPS) is 21.0. The van der Waals surface area contributed by atoms with Crippen molar-refractivity contribution in [3.8, 4) is 5.88 Å². The lowest BCUT2D eigenvalue weighted by Crippen LogP contribution is -2.39. The zero-order valence-corrected chi connectivity index (χ0v) is 23.3. The lowest BCUT2D eigenvalue weighted by molar-refractivity contribution is 0.121. The number of anilines is 1. The van der Waals surface area contributed by atoms with E-state index in [2.05, 4.69) is 36.6 Å². The first kappa shape index (κ1) is 28.7. The highest BCUT2D eigenvalue weighted by molar-refractivity contribution is 7.88. The molecular weight excluding hydrogens is 522 g/mol. The van der Waals surface area contributed by atoms with E-state index >= 15 is 0 Å². The van der Waals surface area contributed by atoms with Gasteiger partial charge in [-0.25, -0.2) is 23.1 Å². The van der Waals surface area contributed by atoms with E-state index in [0.29, 0.717) is 30.8 Å². The van der Waals surface area contributed by atoms with Gasteiger partial charge in [0.25, 0.3) is 0 Å². The Balaban J connectivity index is 1.31. The number of aliphatic imine (C=N–C) groups is 2. The number of rotatable bonds is 10. The second-order valence-electron chi connectivity index (χ2n) is 9.56. The first-order valence-electron chi connectivity index (χ1n) is 13.1. The molecular formula is C26H37N7O5S. The number of nitrogens with one attached hydrogen (secondary N) is 2. The summed E-state index contributed by atoms with van der Waals surface area (Å²) in [6.07, 6.45) is 7.97. The Morgan fingerprint density at radius 3 is 2.77 bits per heavy atom. The number of fused-ring (bicyclic) bond motifs is 1. The highest BCUT2D eigenvalue weighted by Crippen LogP contribution is 2.31. The molecule has 12 nitrogen and oxygen atoms in total. The lowest BCUT2D eigenvalue weighted by atomic mass is 9.93. The highest BCUT2D eigenvalue weighted by atomic mass is 32.2. The Labute approximate surface area is 229 Å². The van der Waals surface area contributed by atoms with Gasteiger partial charge in [-0.15, -0.1) is 0 Å². The van der Waals surface area contributed by atoms with E-state index in [1.807, 2.05) is 18.2 Å². The van der Waals surface area contributed by atoms with Gasteiger partial charge >= 0.3 is 0 Å². The number of morpholine rings is 1. The van der Waals surface area contributed by atoms with Gasteiger partial charge in [0.15, 0.2) is 0 Å². The predicted molar refractivity (Wildman–Crippen MR) is 152 cm³/mol. The summed E-state index contributed by atoms with van der Waals surface area (Å²) in [4.78, 5) is 20.0. The minimum atomic E-state index is -3.24. The number of pyridine rings is 2. The van der Waals surface area contributed by atoms with Crippen LogP contribution in [0, 0.1) is 0 Å². The van der Waals surface area contributed by atoms with Gasteiger partial charge in [-0.2, -0.15) is 4.98 Å². The van der Waals surface area contributed by atoms with E-state index in [0.717, 1.165) is 61.7 Å². The summed E-state index contributed by atoms with van der Waals surface area (Å²) >= 11 is 0. The molecule has 0 atom stereocenters. The van der Waals surface area contributed by atoms with Crippen molar-refractivity contribution in [3.63, 3.8) is 0 Å². The zero-order valence-electron chi connectivity index (χ0n) is 22.5. The van der Waals surface area contributed by atoms with Gasteiger partial charge in [-0.1, -0.05) is 0 Å². The Morgan fingerprint density at radius 1 is 1.28 bits per heavy atom. The fourth-order valence-corrected chi connectivity index (χ4v) is 4.95. The molecule has 1 aliphatic carbocycles. The van der Waals surface area contributed by atoms with E-state index in [1.165, 1.54) is 0 Å². The van der Waals surface area contributed by atoms with Crippen LogP contribution in [0.25, 0.3) is 10.9 Å². The number of nitrogens with zero attached hydrogens (tertiary/aromatic N) is 5. The van der Waals surface area contributed by atoms with Crippen molar-refractivity contribution in [3.05, 3.63) is 36.4 Å². The Bertz CT molecular complexity index is 1290. The van der Waals surface area contributed by atoms with Crippen LogP contribution in [0.2, 0.25) is 0 Å². The molecule has 1 saturated heterocycles. The number of sulfonamides is 1. The molecule has 0 unspecified atom stereocenters. The molecule has 2 aliphatic rings. The lowest BCUT2D eigenvalue weighted by Gasteiger charge is -2.31. The first-order chi connectivity index (χ1) is 18.8. The molecule has 0 bridgehead atoms. The molecule has 212 valence electrons. The quantitative estimate of drug-likeness (QED) is 0.194. The molecule has 0 spiro atoms. The van der Waals surface area contributed by atoms with Crippen LogP contribution in [-0.2, 0) is 19.5 Å². The highest BCUT2D eigenvalue weighted by Gasteiger charge is 2.25. The fourth-order valence-electron chi connectivity index (χ4n) is 4.49. The molecule has 0 aromatic carbocycles. The van der Waals surface area contributed by atoms with Crippen LogP contribution in [0.15, 0.2) is 46.3 Å². The number of hydrogen-bond donors (Lipinski definition) is 2. The monoisotopic (exact) mass is 559 g/mol. The van der Waals surface area contributed by atoms with Gasteiger partial charge in [-0.3, -0.25) is 4.98 Å². The second kappa shape index (κ2) is 13.7. The van der Waals surface area contributed by atoms with Crippen LogP contribution in [0.3, 0.4) is 0 Å². The van der Waals surface area contributed by atoms with Crippen molar-refractivity contribution in [2.45, 2.75) is 44.8 Å². The molecule has 0 amide bonds. The fraction of sp³-hybridized carbons (Fsp3) is 0.538. The topological polar surface area (TPSA) is 140 Å². The number of ether oxygens (including phenoxy) is 3. The van der Waals surface area contributed by atoms with Crippen molar-refractivity contribution < 1.29 is 22.6 Å². The van der Waals surface area contributed by atoms with Gasteiger partial charge in [0, 0.05) is 37.9 Å².